The topological polar surface area (TPSA) is 0 Å². The van der Waals surface area contributed by atoms with Gasteiger partial charge in [-0.3, -0.25) is 0 Å². The molecule has 1 aliphatic rings. The Morgan fingerprint density at radius 1 is 0.488 bits per heavy atom. The Hall–Kier alpha value is -3.90. The van der Waals surface area contributed by atoms with Crippen LogP contribution >= 0.6 is 0 Å². The summed E-state index contributed by atoms with van der Waals surface area (Å²) >= 11 is 0. The number of benzene rings is 5. The predicted octanol–water partition coefficient (Wildman–Crippen LogP) is 11.3. The highest BCUT2D eigenvalue weighted by Crippen LogP contribution is 2.56. The van der Waals surface area contributed by atoms with E-state index in [4.69, 9.17) is 0 Å². The molecule has 41 heavy (non-hydrogen) atoms. The van der Waals surface area contributed by atoms with Crippen molar-refractivity contribution in [1.82, 2.24) is 0 Å². The fourth-order valence-electron chi connectivity index (χ4n) is 7.07. The van der Waals surface area contributed by atoms with Crippen molar-refractivity contribution in [2.75, 3.05) is 0 Å². The molecule has 0 aromatic heterocycles. The van der Waals surface area contributed by atoms with E-state index in [1.54, 1.807) is 0 Å². The highest BCUT2D eigenvalue weighted by atomic mass is 14.5. The molecule has 1 aliphatic carbocycles. The summed E-state index contributed by atoms with van der Waals surface area (Å²) in [7, 11) is 0. The summed E-state index contributed by atoms with van der Waals surface area (Å²) in [6, 6.07) is 47.6. The molecule has 0 spiro atoms. The Labute approximate surface area is 247 Å². The highest BCUT2D eigenvalue weighted by molar-refractivity contribution is 5.86. The number of hydrogen-bond donors (Lipinski definition) is 0. The molecule has 0 aliphatic heterocycles. The van der Waals surface area contributed by atoms with Gasteiger partial charge in [0, 0.05) is 0 Å². The minimum absolute atomic E-state index is 0.218. The average Bonchev–Trinajstić information content (AvgIpc) is 3.27. The van der Waals surface area contributed by atoms with Crippen LogP contribution < -0.4 is 0 Å². The summed E-state index contributed by atoms with van der Waals surface area (Å²) in [6.45, 7) is 14.2. The van der Waals surface area contributed by atoms with Gasteiger partial charge in [0.05, 0.1) is 5.41 Å². The van der Waals surface area contributed by atoms with Crippen LogP contribution in [-0.4, -0.2) is 0 Å². The van der Waals surface area contributed by atoms with Crippen LogP contribution in [0.15, 0.2) is 127 Å². The van der Waals surface area contributed by atoms with Crippen molar-refractivity contribution in [2.24, 2.45) is 10.8 Å². The lowest BCUT2D eigenvalue weighted by Gasteiger charge is -2.36. The van der Waals surface area contributed by atoms with Gasteiger partial charge < -0.3 is 0 Å². The first-order valence-corrected chi connectivity index (χ1v) is 15.0. The predicted molar refractivity (Wildman–Crippen MR) is 175 cm³/mol. The van der Waals surface area contributed by atoms with Crippen molar-refractivity contribution in [3.05, 3.63) is 155 Å². The van der Waals surface area contributed by atoms with Crippen LogP contribution in [0, 0.1) is 10.8 Å². The van der Waals surface area contributed by atoms with Crippen molar-refractivity contribution in [2.45, 2.75) is 59.3 Å². The number of rotatable bonds is 5. The maximum atomic E-state index is 2.37. The lowest BCUT2D eigenvalue weighted by atomic mass is 9.67. The molecule has 1 atom stereocenters. The quantitative estimate of drug-likeness (QED) is 0.206. The average molecular weight is 535 g/mol. The Balaban J connectivity index is 1.42. The lowest BCUT2D eigenvalue weighted by molar-refractivity contribution is 0.229. The van der Waals surface area contributed by atoms with Crippen LogP contribution in [0.3, 0.4) is 0 Å². The van der Waals surface area contributed by atoms with E-state index in [9.17, 15) is 0 Å². The first-order chi connectivity index (χ1) is 19.6. The van der Waals surface area contributed by atoms with Gasteiger partial charge in [0.15, 0.2) is 0 Å². The Morgan fingerprint density at radius 3 is 1.41 bits per heavy atom. The molecule has 0 fully saturated rings. The lowest BCUT2D eigenvalue weighted by Crippen LogP contribution is -2.28. The third-order valence-corrected chi connectivity index (χ3v) is 8.99. The van der Waals surface area contributed by atoms with Gasteiger partial charge in [0.2, 0.25) is 0 Å². The summed E-state index contributed by atoms with van der Waals surface area (Å²) in [5.74, 6) is 0.521. The first-order valence-electron chi connectivity index (χ1n) is 15.0. The molecule has 1 unspecified atom stereocenters. The van der Waals surface area contributed by atoms with Gasteiger partial charge in [-0.15, -0.1) is 0 Å². The van der Waals surface area contributed by atoms with E-state index in [0.29, 0.717) is 11.3 Å². The molecule has 5 aromatic rings. The van der Waals surface area contributed by atoms with Crippen LogP contribution in [0.2, 0.25) is 0 Å². The second kappa shape index (κ2) is 10.2. The van der Waals surface area contributed by atoms with Gasteiger partial charge >= 0.3 is 0 Å². The van der Waals surface area contributed by atoms with Crippen molar-refractivity contribution in [1.29, 1.82) is 0 Å². The summed E-state index contributed by atoms with van der Waals surface area (Å²) in [5.41, 5.74) is 12.1. The fourth-order valence-corrected chi connectivity index (χ4v) is 7.07. The SMILES string of the molecule is CC(C)(C)CC(c1ccc(-c2ccc(C3(c4ccccc4)c4ccccc4-c4ccccc43)cc2)cc1)C(C)(C)C. The minimum atomic E-state index is -0.344. The maximum Gasteiger partial charge on any atom is 0.0713 e. The molecule has 0 heteroatoms. The molecule has 0 nitrogen and oxygen atoms in total. The molecular formula is C41H42. The normalized spacial score (nSPS) is 14.8. The van der Waals surface area contributed by atoms with Gasteiger partial charge in [-0.2, -0.15) is 0 Å². The van der Waals surface area contributed by atoms with Crippen molar-refractivity contribution >= 4 is 0 Å². The van der Waals surface area contributed by atoms with E-state index >= 15 is 0 Å². The van der Waals surface area contributed by atoms with E-state index in [2.05, 4.69) is 169 Å². The Bertz CT molecular complexity index is 1590. The van der Waals surface area contributed by atoms with Gasteiger partial charge in [0.25, 0.3) is 0 Å². The molecule has 0 bridgehead atoms. The monoisotopic (exact) mass is 534 g/mol. The van der Waals surface area contributed by atoms with E-state index in [-0.39, 0.29) is 10.8 Å². The molecule has 0 N–H and O–H groups in total. The Kier molecular flexibility index (Phi) is 6.77. The standard InChI is InChI=1S/C41H42/c1-39(2,3)28-38(40(4,5)6)31-22-20-29(21-23-31)30-24-26-33(27-25-30)41(32-14-8-7-9-15-32)36-18-12-10-16-34(36)35-17-11-13-19-37(35)41/h7-27,38H,28H2,1-6H3. The molecule has 0 saturated carbocycles. The largest absolute Gasteiger partial charge is 0.0713 e. The van der Waals surface area contributed by atoms with Crippen LogP contribution in [0.5, 0.6) is 0 Å². The summed E-state index contributed by atoms with van der Waals surface area (Å²) in [5, 5.41) is 0. The second-order valence-electron chi connectivity index (χ2n) is 14.1. The molecule has 0 amide bonds. The molecular weight excluding hydrogens is 492 g/mol. The fraction of sp³-hybridized carbons (Fsp3) is 0.268. The minimum Gasteiger partial charge on any atom is -0.0622 e. The summed E-state index contributed by atoms with van der Waals surface area (Å²) in [4.78, 5) is 0. The third-order valence-electron chi connectivity index (χ3n) is 8.99. The van der Waals surface area contributed by atoms with Crippen molar-refractivity contribution in [3.63, 3.8) is 0 Å². The van der Waals surface area contributed by atoms with Crippen LogP contribution in [0.25, 0.3) is 22.3 Å². The second-order valence-corrected chi connectivity index (χ2v) is 14.1. The molecule has 5 aromatic carbocycles. The molecule has 206 valence electrons. The zero-order chi connectivity index (χ0) is 28.8. The third kappa shape index (κ3) is 4.84. The highest BCUT2D eigenvalue weighted by Gasteiger charge is 2.45. The number of hydrogen-bond acceptors (Lipinski definition) is 0. The molecule has 0 heterocycles. The first kappa shape index (κ1) is 27.3. The van der Waals surface area contributed by atoms with Crippen LogP contribution in [0.4, 0.5) is 0 Å². The molecule has 0 radical (unpaired) electrons. The summed E-state index contributed by atoms with van der Waals surface area (Å²) in [6.07, 6.45) is 1.18. The van der Waals surface area contributed by atoms with E-state index in [0.717, 1.165) is 0 Å². The zero-order valence-corrected chi connectivity index (χ0v) is 25.4. The van der Waals surface area contributed by atoms with E-state index in [1.165, 1.54) is 56.5 Å². The molecule has 0 saturated heterocycles. The van der Waals surface area contributed by atoms with Crippen molar-refractivity contribution < 1.29 is 0 Å². The smallest absolute Gasteiger partial charge is 0.0622 e. The van der Waals surface area contributed by atoms with E-state index in [1.807, 2.05) is 0 Å². The zero-order valence-electron chi connectivity index (χ0n) is 25.4. The van der Waals surface area contributed by atoms with E-state index < -0.39 is 0 Å². The Morgan fingerprint density at radius 2 is 0.927 bits per heavy atom. The van der Waals surface area contributed by atoms with Gasteiger partial charge in [-0.25, -0.2) is 0 Å². The van der Waals surface area contributed by atoms with Gasteiger partial charge in [-0.05, 0) is 73.2 Å². The van der Waals surface area contributed by atoms with Gasteiger partial charge in [0.1, 0.15) is 0 Å². The molecule has 6 rings (SSSR count). The van der Waals surface area contributed by atoms with Crippen LogP contribution in [-0.2, 0) is 5.41 Å². The summed E-state index contributed by atoms with van der Waals surface area (Å²) < 4.78 is 0. The number of fused-ring (bicyclic) bond motifs is 3. The van der Waals surface area contributed by atoms with Crippen molar-refractivity contribution in [3.8, 4) is 22.3 Å². The van der Waals surface area contributed by atoms with Crippen LogP contribution in [0.1, 0.15) is 81.7 Å². The maximum absolute atomic E-state index is 2.37. The van der Waals surface area contributed by atoms with Gasteiger partial charge in [-0.1, -0.05) is 169 Å².